The molecule has 0 aliphatic carbocycles. The lowest BCUT2D eigenvalue weighted by Crippen LogP contribution is -2.31. The lowest BCUT2D eigenvalue weighted by atomic mass is 9.95. The molecule has 3 rings (SSSR count). The second kappa shape index (κ2) is 10.1. The smallest absolute Gasteiger partial charge is 0.295 e. The average molecular weight is 421 g/mol. The van der Waals surface area contributed by atoms with Gasteiger partial charge in [0.05, 0.1) is 11.6 Å². The molecule has 0 spiro atoms. The van der Waals surface area contributed by atoms with Crippen LogP contribution in [0, 0.1) is 6.92 Å². The summed E-state index contributed by atoms with van der Waals surface area (Å²) in [7, 11) is 1.59. The average Bonchev–Trinajstić information content (AvgIpc) is 3.03. The van der Waals surface area contributed by atoms with Gasteiger partial charge in [-0.3, -0.25) is 9.59 Å². The van der Waals surface area contributed by atoms with E-state index in [-0.39, 0.29) is 11.3 Å². The lowest BCUT2D eigenvalue weighted by molar-refractivity contribution is -0.140. The molecule has 162 valence electrons. The van der Waals surface area contributed by atoms with Crippen LogP contribution in [0.4, 0.5) is 0 Å². The van der Waals surface area contributed by atoms with Crippen LogP contribution in [0.15, 0.2) is 66.8 Å². The highest BCUT2D eigenvalue weighted by Gasteiger charge is 2.45. The fraction of sp³-hybridized carbons (Fsp3) is 0.280. The van der Waals surface area contributed by atoms with Crippen LogP contribution < -0.4 is 4.74 Å². The van der Waals surface area contributed by atoms with Crippen molar-refractivity contribution in [2.45, 2.75) is 19.4 Å². The molecule has 31 heavy (non-hydrogen) atoms. The second-order valence-electron chi connectivity index (χ2n) is 7.37. The Labute approximate surface area is 182 Å². The molecule has 1 aliphatic rings. The molecule has 6 heteroatoms. The number of aliphatic hydroxyl groups excluding tert-OH is 1. The summed E-state index contributed by atoms with van der Waals surface area (Å²) in [5.74, 6) is -0.836. The molecule has 1 heterocycles. The molecule has 0 radical (unpaired) electrons. The Hall–Kier alpha value is -3.38. The number of rotatable bonds is 9. The van der Waals surface area contributed by atoms with E-state index in [0.717, 1.165) is 11.1 Å². The highest BCUT2D eigenvalue weighted by Crippen LogP contribution is 2.39. The van der Waals surface area contributed by atoms with E-state index in [9.17, 15) is 14.7 Å². The summed E-state index contributed by atoms with van der Waals surface area (Å²) in [6.07, 6.45) is 2.23. The SMILES string of the molecule is C=CCOc1ccc([C@@H]2/C(=C(\O)c3ccc(C)cc3)C(=O)C(=O)N2CCCOC)cc1. The highest BCUT2D eigenvalue weighted by atomic mass is 16.5. The largest absolute Gasteiger partial charge is 0.507 e. The molecule has 1 amide bonds. The molecule has 0 saturated carbocycles. The van der Waals surface area contributed by atoms with E-state index in [1.54, 1.807) is 49.6 Å². The molecular formula is C25H27NO5. The third kappa shape index (κ3) is 4.86. The predicted octanol–water partition coefficient (Wildman–Crippen LogP) is 4.02. The topological polar surface area (TPSA) is 76.1 Å². The number of ketones is 1. The van der Waals surface area contributed by atoms with Gasteiger partial charge in [0.1, 0.15) is 18.1 Å². The van der Waals surface area contributed by atoms with Crippen LogP contribution in [0.3, 0.4) is 0 Å². The highest BCUT2D eigenvalue weighted by molar-refractivity contribution is 6.46. The Morgan fingerprint density at radius 1 is 1.13 bits per heavy atom. The monoisotopic (exact) mass is 421 g/mol. The summed E-state index contributed by atoms with van der Waals surface area (Å²) in [5, 5.41) is 11.0. The van der Waals surface area contributed by atoms with E-state index in [2.05, 4.69) is 6.58 Å². The molecule has 1 saturated heterocycles. The van der Waals surface area contributed by atoms with Crippen molar-refractivity contribution in [2.24, 2.45) is 0 Å². The maximum Gasteiger partial charge on any atom is 0.295 e. The zero-order valence-electron chi connectivity index (χ0n) is 17.8. The first kappa shape index (κ1) is 22.3. The van der Waals surface area contributed by atoms with Crippen LogP contribution in [0.1, 0.15) is 29.2 Å². The van der Waals surface area contributed by atoms with Crippen molar-refractivity contribution in [2.75, 3.05) is 26.9 Å². The molecule has 0 aromatic heterocycles. The number of carbonyl (C=O) groups is 2. The van der Waals surface area contributed by atoms with Gasteiger partial charge in [-0.15, -0.1) is 0 Å². The number of benzene rings is 2. The van der Waals surface area contributed by atoms with E-state index in [0.29, 0.717) is 37.5 Å². The van der Waals surface area contributed by atoms with Crippen molar-refractivity contribution in [3.05, 3.63) is 83.4 Å². The van der Waals surface area contributed by atoms with Crippen LogP contribution in [0.5, 0.6) is 5.75 Å². The van der Waals surface area contributed by atoms with E-state index in [1.807, 2.05) is 19.1 Å². The van der Waals surface area contributed by atoms with Gasteiger partial charge >= 0.3 is 0 Å². The third-order valence-electron chi connectivity index (χ3n) is 5.18. The van der Waals surface area contributed by atoms with Gasteiger partial charge in [-0.25, -0.2) is 0 Å². The maximum absolute atomic E-state index is 12.9. The first-order valence-corrected chi connectivity index (χ1v) is 10.2. The second-order valence-corrected chi connectivity index (χ2v) is 7.37. The molecule has 6 nitrogen and oxygen atoms in total. The van der Waals surface area contributed by atoms with E-state index in [1.165, 1.54) is 4.90 Å². The zero-order chi connectivity index (χ0) is 22.4. The Kier molecular flexibility index (Phi) is 7.26. The Morgan fingerprint density at radius 2 is 1.81 bits per heavy atom. The van der Waals surface area contributed by atoms with Crippen LogP contribution in [0.2, 0.25) is 0 Å². The van der Waals surface area contributed by atoms with Gasteiger partial charge in [0, 0.05) is 25.8 Å². The number of aryl methyl sites for hydroxylation is 1. The van der Waals surface area contributed by atoms with Crippen molar-refractivity contribution < 1.29 is 24.2 Å². The molecule has 1 atom stereocenters. The number of aliphatic hydroxyl groups is 1. The van der Waals surface area contributed by atoms with Crippen molar-refractivity contribution >= 4 is 17.4 Å². The van der Waals surface area contributed by atoms with Crippen LogP contribution in [-0.2, 0) is 14.3 Å². The summed E-state index contributed by atoms with van der Waals surface area (Å²) in [6.45, 7) is 6.74. The summed E-state index contributed by atoms with van der Waals surface area (Å²) >= 11 is 0. The van der Waals surface area contributed by atoms with Crippen molar-refractivity contribution in [1.29, 1.82) is 0 Å². The Morgan fingerprint density at radius 3 is 2.42 bits per heavy atom. The van der Waals surface area contributed by atoms with Gasteiger partial charge < -0.3 is 19.5 Å². The number of hydrogen-bond donors (Lipinski definition) is 1. The standard InChI is InChI=1S/C25H27NO5/c1-4-15-31-20-12-10-18(11-13-20)22-21(23(27)19-8-6-17(2)7-9-19)24(28)25(29)26(22)14-5-16-30-3/h4,6-13,22,27H,1,5,14-16H2,2-3H3/b23-21+/t22-/m1/s1. The van der Waals surface area contributed by atoms with Gasteiger partial charge in [-0.1, -0.05) is 54.6 Å². The first-order chi connectivity index (χ1) is 15.0. The molecule has 2 aromatic carbocycles. The van der Waals surface area contributed by atoms with Gasteiger partial charge in [0.25, 0.3) is 11.7 Å². The molecule has 0 unspecified atom stereocenters. The Balaban J connectivity index is 2.05. The normalized spacial score (nSPS) is 17.7. The van der Waals surface area contributed by atoms with Gasteiger partial charge in [0.15, 0.2) is 0 Å². The molecule has 1 N–H and O–H groups in total. The number of likely N-dealkylation sites (tertiary alicyclic amines) is 1. The van der Waals surface area contributed by atoms with E-state index >= 15 is 0 Å². The molecule has 1 aliphatic heterocycles. The number of amides is 1. The number of carbonyl (C=O) groups excluding carboxylic acids is 2. The molecule has 2 aromatic rings. The fourth-order valence-electron chi connectivity index (χ4n) is 3.60. The Bertz CT molecular complexity index is 976. The minimum absolute atomic E-state index is 0.0889. The quantitative estimate of drug-likeness (QED) is 0.218. The minimum atomic E-state index is -0.688. The summed E-state index contributed by atoms with van der Waals surface area (Å²) in [4.78, 5) is 27.3. The number of nitrogens with zero attached hydrogens (tertiary/aromatic N) is 1. The van der Waals surface area contributed by atoms with E-state index < -0.39 is 17.7 Å². The number of Topliss-reactive ketones (excluding diaryl/α,β-unsaturated/α-hetero) is 1. The van der Waals surface area contributed by atoms with Crippen LogP contribution in [0.25, 0.3) is 5.76 Å². The maximum atomic E-state index is 12.9. The van der Waals surface area contributed by atoms with Gasteiger partial charge in [-0.05, 0) is 31.0 Å². The minimum Gasteiger partial charge on any atom is -0.507 e. The number of ether oxygens (including phenoxy) is 2. The van der Waals surface area contributed by atoms with Gasteiger partial charge in [0.2, 0.25) is 0 Å². The summed E-state index contributed by atoms with van der Waals surface area (Å²) in [5.41, 5.74) is 2.34. The predicted molar refractivity (Wildman–Crippen MR) is 119 cm³/mol. The van der Waals surface area contributed by atoms with E-state index in [4.69, 9.17) is 9.47 Å². The lowest BCUT2D eigenvalue weighted by Gasteiger charge is -2.25. The summed E-state index contributed by atoms with van der Waals surface area (Å²) < 4.78 is 10.6. The van der Waals surface area contributed by atoms with Gasteiger partial charge in [-0.2, -0.15) is 0 Å². The summed E-state index contributed by atoms with van der Waals surface area (Å²) in [6, 6.07) is 13.7. The van der Waals surface area contributed by atoms with Crippen molar-refractivity contribution in [3.63, 3.8) is 0 Å². The third-order valence-corrected chi connectivity index (χ3v) is 5.18. The van der Waals surface area contributed by atoms with Crippen molar-refractivity contribution in [3.8, 4) is 5.75 Å². The molecular weight excluding hydrogens is 394 g/mol. The number of methoxy groups -OCH3 is 1. The van der Waals surface area contributed by atoms with Crippen LogP contribution >= 0.6 is 0 Å². The van der Waals surface area contributed by atoms with Crippen molar-refractivity contribution in [1.82, 2.24) is 4.90 Å². The first-order valence-electron chi connectivity index (χ1n) is 10.2. The van der Waals surface area contributed by atoms with Crippen LogP contribution in [-0.4, -0.2) is 48.6 Å². The number of hydrogen-bond acceptors (Lipinski definition) is 5. The fourth-order valence-corrected chi connectivity index (χ4v) is 3.60. The zero-order valence-corrected chi connectivity index (χ0v) is 17.8. The molecule has 1 fully saturated rings. The molecule has 0 bridgehead atoms.